The quantitative estimate of drug-likeness (QED) is 0.868. The summed E-state index contributed by atoms with van der Waals surface area (Å²) in [5.74, 6) is 1.67. The Kier molecular flexibility index (Phi) is 3.24. The van der Waals surface area contributed by atoms with Crippen molar-refractivity contribution in [2.75, 3.05) is 0 Å². The van der Waals surface area contributed by atoms with Gasteiger partial charge in [0.1, 0.15) is 18.7 Å². The molecule has 0 bridgehead atoms. The van der Waals surface area contributed by atoms with Gasteiger partial charge in [-0.15, -0.1) is 0 Å². The molecule has 1 aromatic heterocycles. The van der Waals surface area contributed by atoms with E-state index in [1.165, 1.54) is 6.33 Å². The van der Waals surface area contributed by atoms with E-state index in [9.17, 15) is 0 Å². The Bertz CT molecular complexity index is 496. The lowest BCUT2D eigenvalue weighted by molar-refractivity contribution is 0.288. The Labute approximate surface area is 102 Å². The summed E-state index contributed by atoms with van der Waals surface area (Å²) in [4.78, 5) is 4.10. The van der Waals surface area contributed by atoms with Gasteiger partial charge in [0.15, 0.2) is 5.82 Å². The van der Waals surface area contributed by atoms with Gasteiger partial charge < -0.3 is 4.74 Å². The van der Waals surface area contributed by atoms with Crippen LogP contribution in [0.2, 0.25) is 0 Å². The lowest BCUT2D eigenvalue weighted by atomic mass is 10.2. The average molecular weight is 282 g/mol. The van der Waals surface area contributed by atoms with Crippen molar-refractivity contribution in [1.82, 2.24) is 14.8 Å². The maximum absolute atomic E-state index is 5.67. The fraction of sp³-hybridized carbons (Fsp3) is 0.273. The summed E-state index contributed by atoms with van der Waals surface area (Å²) in [5.41, 5.74) is 1.09. The monoisotopic (exact) mass is 281 g/mol. The number of halogens is 1. The molecule has 0 aliphatic carbocycles. The molecule has 4 nitrogen and oxygen atoms in total. The molecule has 1 aromatic carbocycles. The molecule has 0 aliphatic heterocycles. The minimum absolute atomic E-state index is 0.430. The van der Waals surface area contributed by atoms with Crippen LogP contribution in [0.3, 0.4) is 0 Å². The number of aromatic nitrogens is 3. The van der Waals surface area contributed by atoms with Gasteiger partial charge in [-0.1, -0.05) is 15.9 Å². The normalized spacial score (nSPS) is 10.4. The Morgan fingerprint density at radius 3 is 2.88 bits per heavy atom. The molecule has 0 N–H and O–H groups in total. The predicted molar refractivity (Wildman–Crippen MR) is 64.2 cm³/mol. The highest BCUT2D eigenvalue weighted by Crippen LogP contribution is 2.22. The van der Waals surface area contributed by atoms with Crippen LogP contribution < -0.4 is 4.74 Å². The van der Waals surface area contributed by atoms with Crippen molar-refractivity contribution >= 4 is 15.9 Å². The molecule has 0 unspecified atom stereocenters. The van der Waals surface area contributed by atoms with Gasteiger partial charge in [0.2, 0.25) is 0 Å². The maximum atomic E-state index is 5.67. The van der Waals surface area contributed by atoms with E-state index in [-0.39, 0.29) is 0 Å². The number of benzene rings is 1. The number of ether oxygens (including phenoxy) is 1. The topological polar surface area (TPSA) is 39.9 Å². The number of hydrogen-bond acceptors (Lipinski definition) is 3. The lowest BCUT2D eigenvalue weighted by Crippen LogP contribution is -2.05. The average Bonchev–Trinajstić information content (AvgIpc) is 2.63. The van der Waals surface area contributed by atoms with Gasteiger partial charge in [0.25, 0.3) is 0 Å². The van der Waals surface area contributed by atoms with E-state index in [0.29, 0.717) is 6.61 Å². The first-order valence-corrected chi connectivity index (χ1v) is 5.68. The molecule has 0 fully saturated rings. The Morgan fingerprint density at radius 2 is 2.25 bits per heavy atom. The van der Waals surface area contributed by atoms with Gasteiger partial charge in [-0.25, -0.2) is 4.98 Å². The highest BCUT2D eigenvalue weighted by molar-refractivity contribution is 9.10. The predicted octanol–water partition coefficient (Wildman–Crippen LogP) is 2.47. The van der Waals surface area contributed by atoms with Gasteiger partial charge in [0.05, 0.1) is 0 Å². The molecule has 0 amide bonds. The molecule has 0 aliphatic rings. The molecule has 1 heterocycles. The molecule has 2 rings (SSSR count). The first-order valence-electron chi connectivity index (χ1n) is 4.88. The smallest absolute Gasteiger partial charge is 0.164 e. The second-order valence-electron chi connectivity index (χ2n) is 3.50. The van der Waals surface area contributed by atoms with E-state index >= 15 is 0 Å². The summed E-state index contributed by atoms with van der Waals surface area (Å²) in [7, 11) is 1.85. The largest absolute Gasteiger partial charge is 0.485 e. The summed E-state index contributed by atoms with van der Waals surface area (Å²) < 4.78 is 8.43. The zero-order valence-corrected chi connectivity index (χ0v) is 10.7. The van der Waals surface area contributed by atoms with Crippen LogP contribution in [0.4, 0.5) is 0 Å². The van der Waals surface area contributed by atoms with Crippen molar-refractivity contribution in [3.63, 3.8) is 0 Å². The fourth-order valence-electron chi connectivity index (χ4n) is 1.37. The molecule has 0 radical (unpaired) electrons. The van der Waals surface area contributed by atoms with Crippen LogP contribution in [0.15, 0.2) is 29.0 Å². The van der Waals surface area contributed by atoms with E-state index in [2.05, 4.69) is 26.0 Å². The second-order valence-corrected chi connectivity index (χ2v) is 4.41. The van der Waals surface area contributed by atoms with E-state index in [0.717, 1.165) is 21.6 Å². The minimum atomic E-state index is 0.430. The first-order chi connectivity index (χ1) is 7.66. The Hall–Kier alpha value is -1.36. The van der Waals surface area contributed by atoms with Crippen molar-refractivity contribution in [3.05, 3.63) is 40.4 Å². The molecule has 0 spiro atoms. The summed E-state index contributed by atoms with van der Waals surface area (Å²) in [6, 6.07) is 5.92. The number of rotatable bonds is 3. The van der Waals surface area contributed by atoms with E-state index in [1.54, 1.807) is 4.68 Å². The third-order valence-electron chi connectivity index (χ3n) is 2.30. The Balaban J connectivity index is 2.08. The first kappa shape index (κ1) is 11.1. The van der Waals surface area contributed by atoms with Crippen LogP contribution in [0.1, 0.15) is 11.4 Å². The van der Waals surface area contributed by atoms with E-state index in [4.69, 9.17) is 4.74 Å². The molecule has 0 saturated carbocycles. The SMILES string of the molecule is Cc1cc(Br)ccc1OCc1ncnn1C. The van der Waals surface area contributed by atoms with Crippen molar-refractivity contribution in [1.29, 1.82) is 0 Å². The number of aryl methyl sites for hydroxylation is 2. The van der Waals surface area contributed by atoms with Crippen LogP contribution in [0.25, 0.3) is 0 Å². The van der Waals surface area contributed by atoms with Gasteiger partial charge in [-0.3, -0.25) is 4.68 Å². The maximum Gasteiger partial charge on any atom is 0.164 e. The van der Waals surface area contributed by atoms with Gasteiger partial charge in [-0.2, -0.15) is 5.10 Å². The molecular weight excluding hydrogens is 270 g/mol. The summed E-state index contributed by atoms with van der Waals surface area (Å²) >= 11 is 3.42. The van der Waals surface area contributed by atoms with Gasteiger partial charge in [-0.05, 0) is 30.7 Å². The lowest BCUT2D eigenvalue weighted by Gasteiger charge is -2.08. The van der Waals surface area contributed by atoms with Gasteiger partial charge >= 0.3 is 0 Å². The summed E-state index contributed by atoms with van der Waals surface area (Å²) in [6.45, 7) is 2.44. The molecule has 5 heteroatoms. The zero-order valence-electron chi connectivity index (χ0n) is 9.14. The second kappa shape index (κ2) is 4.65. The molecule has 84 valence electrons. The van der Waals surface area contributed by atoms with Crippen LogP contribution in [0, 0.1) is 6.92 Å². The fourth-order valence-corrected chi connectivity index (χ4v) is 1.84. The van der Waals surface area contributed by atoms with Crippen molar-refractivity contribution in [2.24, 2.45) is 7.05 Å². The summed E-state index contributed by atoms with van der Waals surface area (Å²) in [6.07, 6.45) is 1.52. The third-order valence-corrected chi connectivity index (χ3v) is 2.79. The zero-order chi connectivity index (χ0) is 11.5. The Morgan fingerprint density at radius 1 is 1.44 bits per heavy atom. The molecule has 0 saturated heterocycles. The molecule has 0 atom stereocenters. The number of hydrogen-bond donors (Lipinski definition) is 0. The standard InChI is InChI=1S/C11H12BrN3O/c1-8-5-9(12)3-4-10(8)16-6-11-13-7-14-15(11)2/h3-5,7H,6H2,1-2H3. The van der Waals surface area contributed by atoms with Crippen molar-refractivity contribution in [3.8, 4) is 5.75 Å². The van der Waals surface area contributed by atoms with Crippen LogP contribution in [-0.4, -0.2) is 14.8 Å². The number of nitrogens with zero attached hydrogens (tertiary/aromatic N) is 3. The van der Waals surface area contributed by atoms with E-state index < -0.39 is 0 Å². The van der Waals surface area contributed by atoms with E-state index in [1.807, 2.05) is 32.2 Å². The van der Waals surface area contributed by atoms with Crippen molar-refractivity contribution < 1.29 is 4.74 Å². The van der Waals surface area contributed by atoms with Gasteiger partial charge in [0, 0.05) is 11.5 Å². The highest BCUT2D eigenvalue weighted by Gasteiger charge is 2.04. The van der Waals surface area contributed by atoms with Crippen LogP contribution in [-0.2, 0) is 13.7 Å². The molecule has 16 heavy (non-hydrogen) atoms. The highest BCUT2D eigenvalue weighted by atomic mass is 79.9. The van der Waals surface area contributed by atoms with Crippen LogP contribution >= 0.6 is 15.9 Å². The minimum Gasteiger partial charge on any atom is -0.485 e. The molecule has 2 aromatic rings. The van der Waals surface area contributed by atoms with Crippen LogP contribution in [0.5, 0.6) is 5.75 Å². The third kappa shape index (κ3) is 2.41. The molecular formula is C11H12BrN3O. The summed E-state index contributed by atoms with van der Waals surface area (Å²) in [5, 5.41) is 3.98. The van der Waals surface area contributed by atoms with Crippen molar-refractivity contribution in [2.45, 2.75) is 13.5 Å².